The number of nitriles is 1. The van der Waals surface area contributed by atoms with E-state index < -0.39 is 0 Å². The fourth-order valence-electron chi connectivity index (χ4n) is 0.723. The van der Waals surface area contributed by atoms with Crippen molar-refractivity contribution < 1.29 is 0 Å². The molecule has 1 aromatic carbocycles. The second kappa shape index (κ2) is 3.28. The van der Waals surface area contributed by atoms with E-state index in [-0.39, 0.29) is 0 Å². The molecule has 56 valence electrons. The van der Waals surface area contributed by atoms with Crippen LogP contribution in [0, 0.1) is 11.3 Å². The van der Waals surface area contributed by atoms with E-state index in [1.807, 2.05) is 6.07 Å². The number of anilines is 1. The van der Waals surface area contributed by atoms with Crippen LogP contribution in [0.2, 0.25) is 0 Å². The Morgan fingerprint density at radius 3 is 2.73 bits per heavy atom. The zero-order valence-corrected chi connectivity index (χ0v) is 6.60. The number of nitrogens with one attached hydrogen (secondary N) is 1. The molecule has 0 aliphatic carbocycles. The van der Waals surface area contributed by atoms with Gasteiger partial charge in [-0.1, -0.05) is 0 Å². The van der Waals surface area contributed by atoms with Gasteiger partial charge in [0.2, 0.25) is 0 Å². The lowest BCUT2D eigenvalue weighted by Gasteiger charge is -2.02. The second-order valence-corrected chi connectivity index (χ2v) is 2.47. The summed E-state index contributed by atoms with van der Waals surface area (Å²) >= 11 is 4.11. The highest BCUT2D eigenvalue weighted by molar-refractivity contribution is 7.80. The van der Waals surface area contributed by atoms with Crippen LogP contribution in [0.3, 0.4) is 0 Å². The van der Waals surface area contributed by atoms with Crippen LogP contribution >= 0.6 is 12.6 Å². The van der Waals surface area contributed by atoms with Crippen molar-refractivity contribution in [1.29, 1.82) is 5.26 Å². The summed E-state index contributed by atoms with van der Waals surface area (Å²) in [4.78, 5) is 0.673. The number of nitrogen functional groups attached to an aromatic ring is 1. The molecular weight excluding hydrogens is 158 g/mol. The molecule has 0 heterocycles. The van der Waals surface area contributed by atoms with E-state index >= 15 is 0 Å². The average Bonchev–Trinajstić information content (AvgIpc) is 2.04. The second-order valence-electron chi connectivity index (χ2n) is 1.99. The van der Waals surface area contributed by atoms with Gasteiger partial charge in [0.25, 0.3) is 0 Å². The molecule has 0 aromatic heterocycles. The molecule has 3 N–H and O–H groups in total. The third-order valence-electron chi connectivity index (χ3n) is 1.28. The van der Waals surface area contributed by atoms with Gasteiger partial charge in [-0.25, -0.2) is 0 Å². The Labute approximate surface area is 70.2 Å². The lowest BCUT2D eigenvalue weighted by Crippen LogP contribution is -2.07. The molecular formula is C7H7N3S. The number of thiol groups is 1. The molecule has 0 spiro atoms. The van der Waals surface area contributed by atoms with Crippen LogP contribution in [-0.4, -0.2) is 0 Å². The van der Waals surface area contributed by atoms with Crippen LogP contribution in [-0.2, 0) is 0 Å². The minimum absolute atomic E-state index is 0.578. The Bertz CT molecular complexity index is 303. The summed E-state index contributed by atoms with van der Waals surface area (Å²) < 4.78 is 0. The van der Waals surface area contributed by atoms with E-state index in [0.717, 1.165) is 0 Å². The zero-order valence-electron chi connectivity index (χ0n) is 5.70. The first-order valence-corrected chi connectivity index (χ1v) is 3.42. The standard InChI is InChI=1S/C7H7N3S/c8-4-5-1-2-6(10-9)7(11)3-5/h1-3,10-11H,9H2. The van der Waals surface area contributed by atoms with Gasteiger partial charge >= 0.3 is 0 Å². The molecule has 1 rings (SSSR count). The number of benzene rings is 1. The molecule has 0 saturated carbocycles. The van der Waals surface area contributed by atoms with Crippen molar-refractivity contribution in [2.24, 2.45) is 5.84 Å². The van der Waals surface area contributed by atoms with E-state index in [9.17, 15) is 0 Å². The van der Waals surface area contributed by atoms with Gasteiger partial charge in [0.05, 0.1) is 17.3 Å². The lowest BCUT2D eigenvalue weighted by atomic mass is 10.2. The minimum atomic E-state index is 0.578. The molecule has 0 aliphatic rings. The third-order valence-corrected chi connectivity index (χ3v) is 1.65. The monoisotopic (exact) mass is 165 g/mol. The summed E-state index contributed by atoms with van der Waals surface area (Å²) in [6, 6.07) is 7.04. The number of hydrogen-bond donors (Lipinski definition) is 3. The largest absolute Gasteiger partial charge is 0.323 e. The van der Waals surface area contributed by atoms with Gasteiger partial charge < -0.3 is 5.43 Å². The highest BCUT2D eigenvalue weighted by atomic mass is 32.1. The lowest BCUT2D eigenvalue weighted by molar-refractivity contribution is 1.28. The van der Waals surface area contributed by atoms with E-state index in [1.54, 1.807) is 18.2 Å². The van der Waals surface area contributed by atoms with Gasteiger partial charge in [-0.15, -0.1) is 12.6 Å². The number of hydrogen-bond acceptors (Lipinski definition) is 4. The smallest absolute Gasteiger partial charge is 0.0992 e. The summed E-state index contributed by atoms with van der Waals surface area (Å²) in [6.45, 7) is 0. The Morgan fingerprint density at radius 1 is 1.55 bits per heavy atom. The van der Waals surface area contributed by atoms with E-state index in [1.165, 1.54) is 0 Å². The zero-order chi connectivity index (χ0) is 8.27. The maximum atomic E-state index is 8.49. The Kier molecular flexibility index (Phi) is 2.36. The topological polar surface area (TPSA) is 61.8 Å². The van der Waals surface area contributed by atoms with Gasteiger partial charge in [0.15, 0.2) is 0 Å². The molecule has 0 aliphatic heterocycles. The summed E-state index contributed by atoms with van der Waals surface area (Å²) in [5, 5.41) is 8.49. The Morgan fingerprint density at radius 2 is 2.27 bits per heavy atom. The first-order valence-electron chi connectivity index (χ1n) is 2.97. The van der Waals surface area contributed by atoms with E-state index in [0.29, 0.717) is 16.1 Å². The molecule has 0 amide bonds. The minimum Gasteiger partial charge on any atom is -0.323 e. The molecule has 4 heteroatoms. The molecule has 0 unspecified atom stereocenters. The van der Waals surface area contributed by atoms with E-state index in [2.05, 4.69) is 18.1 Å². The SMILES string of the molecule is N#Cc1ccc(NN)c(S)c1. The van der Waals surface area contributed by atoms with Crippen molar-refractivity contribution in [2.75, 3.05) is 5.43 Å². The van der Waals surface area contributed by atoms with Gasteiger partial charge in [-0.2, -0.15) is 5.26 Å². The van der Waals surface area contributed by atoms with Crippen LogP contribution in [0.5, 0.6) is 0 Å². The summed E-state index contributed by atoms with van der Waals surface area (Å²) in [5.41, 5.74) is 3.75. The number of hydrazine groups is 1. The van der Waals surface area contributed by atoms with Gasteiger partial charge in [0, 0.05) is 4.90 Å². The molecule has 11 heavy (non-hydrogen) atoms. The average molecular weight is 165 g/mol. The van der Waals surface area contributed by atoms with Crippen LogP contribution in [0.25, 0.3) is 0 Å². The van der Waals surface area contributed by atoms with Crippen molar-refractivity contribution in [3.8, 4) is 6.07 Å². The normalized spacial score (nSPS) is 8.82. The fourth-order valence-corrected chi connectivity index (χ4v) is 1.00. The fraction of sp³-hybridized carbons (Fsp3) is 0. The Balaban J connectivity index is 3.12. The van der Waals surface area contributed by atoms with Crippen LogP contribution in [0.1, 0.15) is 5.56 Å². The van der Waals surface area contributed by atoms with Crippen molar-refractivity contribution in [3.63, 3.8) is 0 Å². The predicted molar refractivity (Wildman–Crippen MR) is 46.2 cm³/mol. The maximum absolute atomic E-state index is 8.49. The number of rotatable bonds is 1. The molecule has 0 fully saturated rings. The summed E-state index contributed by atoms with van der Waals surface area (Å²) in [5.74, 6) is 5.16. The highest BCUT2D eigenvalue weighted by Gasteiger charge is 1.96. The molecule has 0 atom stereocenters. The van der Waals surface area contributed by atoms with Crippen molar-refractivity contribution in [2.45, 2.75) is 4.90 Å². The van der Waals surface area contributed by atoms with Crippen molar-refractivity contribution >= 4 is 18.3 Å². The van der Waals surface area contributed by atoms with Crippen molar-refractivity contribution in [3.05, 3.63) is 23.8 Å². The quantitative estimate of drug-likeness (QED) is 0.332. The third kappa shape index (κ3) is 1.64. The predicted octanol–water partition coefficient (Wildman–Crippen LogP) is 1.13. The molecule has 3 nitrogen and oxygen atoms in total. The maximum Gasteiger partial charge on any atom is 0.0992 e. The van der Waals surface area contributed by atoms with Gasteiger partial charge in [0.1, 0.15) is 0 Å². The van der Waals surface area contributed by atoms with E-state index in [4.69, 9.17) is 11.1 Å². The van der Waals surface area contributed by atoms with Crippen molar-refractivity contribution in [1.82, 2.24) is 0 Å². The highest BCUT2D eigenvalue weighted by Crippen LogP contribution is 2.19. The van der Waals surface area contributed by atoms with Gasteiger partial charge in [-0.3, -0.25) is 5.84 Å². The van der Waals surface area contributed by atoms with Crippen LogP contribution < -0.4 is 11.3 Å². The molecule has 0 bridgehead atoms. The molecule has 0 saturated heterocycles. The summed E-state index contributed by atoms with van der Waals surface area (Å²) in [6.07, 6.45) is 0. The number of nitrogens with two attached hydrogens (primary N) is 1. The Hall–Kier alpha value is -1.18. The summed E-state index contributed by atoms with van der Waals surface area (Å²) in [7, 11) is 0. The first kappa shape index (κ1) is 7.92. The first-order chi connectivity index (χ1) is 5.27. The van der Waals surface area contributed by atoms with Crippen LogP contribution in [0.15, 0.2) is 23.1 Å². The molecule has 1 aromatic rings. The number of nitrogens with zero attached hydrogens (tertiary/aromatic N) is 1. The van der Waals surface area contributed by atoms with Gasteiger partial charge in [-0.05, 0) is 18.2 Å². The van der Waals surface area contributed by atoms with Crippen LogP contribution in [0.4, 0.5) is 5.69 Å². The molecule has 0 radical (unpaired) electrons.